The van der Waals surface area contributed by atoms with Gasteiger partial charge < -0.3 is 19.9 Å². The molecule has 5 nitrogen and oxygen atoms in total. The quantitative estimate of drug-likeness (QED) is 0.618. The zero-order valence-electron chi connectivity index (χ0n) is 9.65. The second kappa shape index (κ2) is 7.14. The second-order valence-electron chi connectivity index (χ2n) is 3.67. The summed E-state index contributed by atoms with van der Waals surface area (Å²) in [7, 11) is 3.31. The van der Waals surface area contributed by atoms with E-state index in [1.165, 1.54) is 0 Å². The van der Waals surface area contributed by atoms with E-state index in [0.717, 1.165) is 32.7 Å². The average molecular weight is 218 g/mol. The van der Waals surface area contributed by atoms with Crippen molar-refractivity contribution in [2.75, 3.05) is 47.1 Å². The zero-order chi connectivity index (χ0) is 11.1. The van der Waals surface area contributed by atoms with Crippen molar-refractivity contribution in [2.45, 2.75) is 18.8 Å². The van der Waals surface area contributed by atoms with Gasteiger partial charge in [0.25, 0.3) is 0 Å². The van der Waals surface area contributed by atoms with Crippen molar-refractivity contribution < 1.29 is 14.2 Å². The number of methoxy groups -OCH3 is 2. The van der Waals surface area contributed by atoms with Crippen LogP contribution in [0.3, 0.4) is 0 Å². The van der Waals surface area contributed by atoms with Crippen molar-refractivity contribution in [3.63, 3.8) is 0 Å². The minimum Gasteiger partial charge on any atom is -0.379 e. The maximum absolute atomic E-state index is 5.77. The van der Waals surface area contributed by atoms with Crippen LogP contribution in [0.25, 0.3) is 0 Å². The first kappa shape index (κ1) is 12.9. The number of ether oxygens (including phenoxy) is 3. The summed E-state index contributed by atoms with van der Waals surface area (Å²) in [4.78, 5) is 2.34. The number of nitrogens with zero attached hydrogens (tertiary/aromatic N) is 1. The third-order valence-electron chi connectivity index (χ3n) is 2.82. The molecule has 0 spiro atoms. The van der Waals surface area contributed by atoms with E-state index in [-0.39, 0.29) is 6.29 Å². The Labute approximate surface area is 91.5 Å². The van der Waals surface area contributed by atoms with Crippen LogP contribution in [0.15, 0.2) is 0 Å². The summed E-state index contributed by atoms with van der Waals surface area (Å²) in [5.41, 5.74) is 5.77. The van der Waals surface area contributed by atoms with Crippen molar-refractivity contribution >= 4 is 0 Å². The Balaban J connectivity index is 2.38. The highest BCUT2D eigenvalue weighted by atomic mass is 16.7. The van der Waals surface area contributed by atoms with Gasteiger partial charge in [0.15, 0.2) is 6.29 Å². The van der Waals surface area contributed by atoms with Crippen molar-refractivity contribution in [1.29, 1.82) is 0 Å². The number of morpholine rings is 1. The number of rotatable bonds is 6. The van der Waals surface area contributed by atoms with Crippen molar-refractivity contribution in [3.8, 4) is 0 Å². The summed E-state index contributed by atoms with van der Waals surface area (Å²) in [6.45, 7) is 4.11. The van der Waals surface area contributed by atoms with E-state index in [4.69, 9.17) is 19.9 Å². The van der Waals surface area contributed by atoms with Crippen LogP contribution in [-0.4, -0.2) is 64.3 Å². The van der Waals surface area contributed by atoms with Gasteiger partial charge in [0, 0.05) is 46.3 Å². The molecule has 0 saturated carbocycles. The van der Waals surface area contributed by atoms with Crippen LogP contribution in [0.2, 0.25) is 0 Å². The Bertz CT molecular complexity index is 159. The van der Waals surface area contributed by atoms with Gasteiger partial charge in [0.2, 0.25) is 0 Å². The molecule has 90 valence electrons. The Morgan fingerprint density at radius 1 is 1.27 bits per heavy atom. The molecule has 1 unspecified atom stereocenters. The average Bonchev–Trinajstić information content (AvgIpc) is 2.32. The Hall–Kier alpha value is -0.200. The lowest BCUT2D eigenvalue weighted by Crippen LogP contribution is -2.48. The molecule has 1 atom stereocenters. The maximum atomic E-state index is 5.77. The summed E-state index contributed by atoms with van der Waals surface area (Å²) in [5.74, 6) is 0. The van der Waals surface area contributed by atoms with Crippen LogP contribution in [0.1, 0.15) is 6.42 Å². The molecule has 1 heterocycles. The van der Waals surface area contributed by atoms with Gasteiger partial charge in [-0.1, -0.05) is 0 Å². The van der Waals surface area contributed by atoms with Crippen LogP contribution >= 0.6 is 0 Å². The summed E-state index contributed by atoms with van der Waals surface area (Å²) in [6.07, 6.45) is 0.644. The fourth-order valence-electron chi connectivity index (χ4n) is 1.85. The van der Waals surface area contributed by atoms with E-state index in [2.05, 4.69) is 4.90 Å². The fourth-order valence-corrected chi connectivity index (χ4v) is 1.85. The highest BCUT2D eigenvalue weighted by Gasteiger charge is 2.22. The topological polar surface area (TPSA) is 57.0 Å². The minimum absolute atomic E-state index is 0.165. The molecular weight excluding hydrogens is 196 g/mol. The van der Waals surface area contributed by atoms with Crippen LogP contribution in [-0.2, 0) is 14.2 Å². The molecule has 1 rings (SSSR count). The Morgan fingerprint density at radius 3 is 2.33 bits per heavy atom. The molecule has 1 fully saturated rings. The van der Waals surface area contributed by atoms with Gasteiger partial charge in [-0.25, -0.2) is 0 Å². The van der Waals surface area contributed by atoms with E-state index in [0.29, 0.717) is 12.6 Å². The van der Waals surface area contributed by atoms with E-state index in [9.17, 15) is 0 Å². The molecular formula is C10H22N2O3. The van der Waals surface area contributed by atoms with Gasteiger partial charge in [0.05, 0.1) is 13.2 Å². The smallest absolute Gasteiger partial charge is 0.158 e. The van der Waals surface area contributed by atoms with E-state index in [1.54, 1.807) is 14.2 Å². The predicted molar refractivity (Wildman–Crippen MR) is 57.7 cm³/mol. The highest BCUT2D eigenvalue weighted by molar-refractivity contribution is 4.75. The van der Waals surface area contributed by atoms with Gasteiger partial charge in [0.1, 0.15) is 0 Å². The van der Waals surface area contributed by atoms with Crippen molar-refractivity contribution in [3.05, 3.63) is 0 Å². The third-order valence-corrected chi connectivity index (χ3v) is 2.82. The molecule has 15 heavy (non-hydrogen) atoms. The van der Waals surface area contributed by atoms with E-state index < -0.39 is 0 Å². The first-order valence-electron chi connectivity index (χ1n) is 5.39. The molecule has 2 N–H and O–H groups in total. The lowest BCUT2D eigenvalue weighted by Gasteiger charge is -2.35. The summed E-state index contributed by atoms with van der Waals surface area (Å²) in [6, 6.07) is 0.318. The molecule has 1 saturated heterocycles. The van der Waals surface area contributed by atoms with Gasteiger partial charge in [-0.2, -0.15) is 0 Å². The molecule has 0 aliphatic carbocycles. The summed E-state index contributed by atoms with van der Waals surface area (Å²) < 4.78 is 15.7. The third kappa shape index (κ3) is 4.04. The van der Waals surface area contributed by atoms with Crippen LogP contribution < -0.4 is 5.73 Å². The van der Waals surface area contributed by atoms with Crippen LogP contribution in [0, 0.1) is 0 Å². The Morgan fingerprint density at radius 2 is 1.87 bits per heavy atom. The molecule has 1 aliphatic rings. The van der Waals surface area contributed by atoms with Gasteiger partial charge in [-0.3, -0.25) is 4.90 Å². The first-order valence-corrected chi connectivity index (χ1v) is 5.39. The molecule has 0 aromatic carbocycles. The molecule has 0 amide bonds. The molecule has 0 bridgehead atoms. The largest absolute Gasteiger partial charge is 0.379 e. The fraction of sp³-hybridized carbons (Fsp3) is 1.00. The molecule has 0 aromatic heterocycles. The van der Waals surface area contributed by atoms with Gasteiger partial charge in [-0.15, -0.1) is 0 Å². The van der Waals surface area contributed by atoms with Gasteiger partial charge >= 0.3 is 0 Å². The molecule has 5 heteroatoms. The SMILES string of the molecule is COC(CC(CN)N1CCOCC1)OC. The lowest BCUT2D eigenvalue weighted by atomic mass is 10.1. The molecule has 0 aromatic rings. The standard InChI is InChI=1S/C10H22N2O3/c1-13-10(14-2)7-9(8-11)12-3-5-15-6-4-12/h9-10H,3-8,11H2,1-2H3. The second-order valence-corrected chi connectivity index (χ2v) is 3.67. The monoisotopic (exact) mass is 218 g/mol. The number of hydrogen-bond donors (Lipinski definition) is 1. The molecule has 1 aliphatic heterocycles. The highest BCUT2D eigenvalue weighted by Crippen LogP contribution is 2.11. The predicted octanol–water partition coefficient (Wildman–Crippen LogP) is -0.345. The number of nitrogens with two attached hydrogens (primary N) is 1. The summed E-state index contributed by atoms with van der Waals surface area (Å²) >= 11 is 0. The number of hydrogen-bond acceptors (Lipinski definition) is 5. The Kier molecular flexibility index (Phi) is 6.12. The maximum Gasteiger partial charge on any atom is 0.158 e. The summed E-state index contributed by atoms with van der Waals surface area (Å²) in [5, 5.41) is 0. The zero-order valence-corrected chi connectivity index (χ0v) is 9.65. The normalized spacial score (nSPS) is 20.8. The molecule has 0 radical (unpaired) electrons. The minimum atomic E-state index is -0.165. The lowest BCUT2D eigenvalue weighted by molar-refractivity contribution is -0.120. The van der Waals surface area contributed by atoms with Gasteiger partial charge in [-0.05, 0) is 0 Å². The van der Waals surface area contributed by atoms with Crippen LogP contribution in [0.5, 0.6) is 0 Å². The van der Waals surface area contributed by atoms with E-state index in [1.807, 2.05) is 0 Å². The van der Waals surface area contributed by atoms with Crippen molar-refractivity contribution in [1.82, 2.24) is 4.90 Å². The van der Waals surface area contributed by atoms with E-state index >= 15 is 0 Å². The van der Waals surface area contributed by atoms with Crippen molar-refractivity contribution in [2.24, 2.45) is 5.73 Å². The first-order chi connectivity index (χ1) is 7.31. The van der Waals surface area contributed by atoms with Crippen LogP contribution in [0.4, 0.5) is 0 Å².